The molecule has 1 aromatic heterocycles. The smallest absolute Gasteiger partial charge is 0.418 e. The SMILES string of the molecule is Oc1cc(C(F)(F)F)c(C(F)F)nc1I. The molecule has 1 N–H and O–H groups in total. The van der Waals surface area contributed by atoms with E-state index in [1.54, 1.807) is 0 Å². The maximum Gasteiger partial charge on any atom is 0.418 e. The van der Waals surface area contributed by atoms with Crippen LogP contribution in [0.5, 0.6) is 5.75 Å². The number of rotatable bonds is 1. The summed E-state index contributed by atoms with van der Waals surface area (Å²) in [4.78, 5) is 3.01. The van der Waals surface area contributed by atoms with Crippen molar-refractivity contribution in [3.8, 4) is 5.75 Å². The Morgan fingerprint density at radius 3 is 2.27 bits per heavy atom. The molecule has 0 aliphatic rings. The number of alkyl halides is 5. The Morgan fingerprint density at radius 2 is 1.87 bits per heavy atom. The Labute approximate surface area is 94.3 Å². The van der Waals surface area contributed by atoms with Gasteiger partial charge in [0, 0.05) is 0 Å². The molecule has 0 amide bonds. The van der Waals surface area contributed by atoms with Crippen LogP contribution in [0.3, 0.4) is 0 Å². The van der Waals surface area contributed by atoms with Crippen LogP contribution >= 0.6 is 22.6 Å². The minimum atomic E-state index is -4.96. The number of nitrogens with zero attached hydrogens (tertiary/aromatic N) is 1. The van der Waals surface area contributed by atoms with Crippen molar-refractivity contribution >= 4 is 22.6 Å². The second-order valence-electron chi connectivity index (χ2n) is 2.53. The zero-order valence-electron chi connectivity index (χ0n) is 6.82. The van der Waals surface area contributed by atoms with Gasteiger partial charge in [-0.1, -0.05) is 0 Å². The first-order valence-corrected chi connectivity index (χ1v) is 4.56. The lowest BCUT2D eigenvalue weighted by molar-refractivity contribution is -0.140. The molecule has 15 heavy (non-hydrogen) atoms. The van der Waals surface area contributed by atoms with E-state index in [2.05, 4.69) is 4.98 Å². The summed E-state index contributed by atoms with van der Waals surface area (Å²) in [5, 5.41) is 8.95. The van der Waals surface area contributed by atoms with Gasteiger partial charge in [0.25, 0.3) is 6.43 Å². The molecule has 0 aromatic carbocycles. The van der Waals surface area contributed by atoms with Crippen LogP contribution < -0.4 is 0 Å². The summed E-state index contributed by atoms with van der Waals surface area (Å²) in [5.41, 5.74) is -2.99. The largest absolute Gasteiger partial charge is 0.505 e. The second-order valence-corrected chi connectivity index (χ2v) is 3.55. The summed E-state index contributed by atoms with van der Waals surface area (Å²) in [6.45, 7) is 0. The minimum Gasteiger partial charge on any atom is -0.505 e. The molecule has 0 fully saturated rings. The zero-order chi connectivity index (χ0) is 11.8. The predicted molar refractivity (Wildman–Crippen MR) is 48.6 cm³/mol. The second kappa shape index (κ2) is 4.06. The van der Waals surface area contributed by atoms with Gasteiger partial charge in [-0.3, -0.25) is 0 Å². The van der Waals surface area contributed by atoms with Gasteiger partial charge in [-0.15, -0.1) is 0 Å². The van der Waals surface area contributed by atoms with Crippen molar-refractivity contribution in [1.82, 2.24) is 4.98 Å². The van der Waals surface area contributed by atoms with E-state index in [1.165, 1.54) is 22.6 Å². The third-order valence-corrected chi connectivity index (χ3v) is 2.29. The van der Waals surface area contributed by atoms with E-state index in [9.17, 15) is 22.0 Å². The van der Waals surface area contributed by atoms with Gasteiger partial charge in [0.15, 0.2) is 0 Å². The quantitative estimate of drug-likeness (QED) is 0.484. The summed E-state index contributed by atoms with van der Waals surface area (Å²) in [7, 11) is 0. The van der Waals surface area contributed by atoms with Gasteiger partial charge in [0.2, 0.25) is 0 Å². The lowest BCUT2D eigenvalue weighted by Crippen LogP contribution is -2.12. The summed E-state index contributed by atoms with van der Waals surface area (Å²) < 4.78 is 60.8. The van der Waals surface area contributed by atoms with Crippen LogP contribution in [0.25, 0.3) is 0 Å². The number of hydrogen-bond acceptors (Lipinski definition) is 2. The van der Waals surface area contributed by atoms with Crippen LogP contribution in [-0.2, 0) is 6.18 Å². The van der Waals surface area contributed by atoms with Crippen molar-refractivity contribution in [1.29, 1.82) is 0 Å². The maximum absolute atomic E-state index is 12.2. The van der Waals surface area contributed by atoms with Crippen LogP contribution in [0.1, 0.15) is 17.7 Å². The Morgan fingerprint density at radius 1 is 1.33 bits per heavy atom. The molecule has 1 heterocycles. The highest BCUT2D eigenvalue weighted by Crippen LogP contribution is 2.38. The molecule has 0 aliphatic heterocycles. The number of hydrogen-bond donors (Lipinski definition) is 1. The normalized spacial score (nSPS) is 12.2. The standard InChI is InChI=1S/C7H3F5INO/c8-5(9)4-2(7(10,11)12)1-3(15)6(13)14-4/h1,5,15H. The first-order valence-electron chi connectivity index (χ1n) is 3.48. The number of aromatic nitrogens is 1. The van der Waals surface area contributed by atoms with Crippen molar-refractivity contribution in [2.45, 2.75) is 12.6 Å². The molecule has 0 saturated carbocycles. The highest BCUT2D eigenvalue weighted by molar-refractivity contribution is 14.1. The van der Waals surface area contributed by atoms with E-state index in [0.717, 1.165) is 0 Å². The van der Waals surface area contributed by atoms with Crippen molar-refractivity contribution in [3.63, 3.8) is 0 Å². The van der Waals surface area contributed by atoms with Crippen molar-refractivity contribution in [2.75, 3.05) is 0 Å². The van der Waals surface area contributed by atoms with Gasteiger partial charge in [-0.2, -0.15) is 13.2 Å². The molecule has 0 bridgehead atoms. The molecule has 1 aromatic rings. The fourth-order valence-electron chi connectivity index (χ4n) is 0.887. The summed E-state index contributed by atoms with van der Waals surface area (Å²) in [5.74, 6) is -0.771. The molecule has 2 nitrogen and oxygen atoms in total. The van der Waals surface area contributed by atoms with Crippen molar-refractivity contribution in [3.05, 3.63) is 21.0 Å². The molecule has 0 unspecified atom stereocenters. The highest BCUT2D eigenvalue weighted by atomic mass is 127. The lowest BCUT2D eigenvalue weighted by Gasteiger charge is -2.12. The monoisotopic (exact) mass is 339 g/mol. The van der Waals surface area contributed by atoms with Crippen LogP contribution in [0.2, 0.25) is 0 Å². The molecule has 0 saturated heterocycles. The van der Waals surface area contributed by atoms with E-state index in [1.807, 2.05) is 0 Å². The molecule has 84 valence electrons. The van der Waals surface area contributed by atoms with E-state index in [-0.39, 0.29) is 9.77 Å². The van der Waals surface area contributed by atoms with Crippen LogP contribution in [-0.4, -0.2) is 10.1 Å². The first kappa shape index (κ1) is 12.4. The first-order chi connectivity index (χ1) is 6.73. The van der Waals surface area contributed by atoms with E-state index >= 15 is 0 Å². The molecule has 0 radical (unpaired) electrons. The average molecular weight is 339 g/mol. The molecular formula is C7H3F5INO. The third-order valence-electron chi connectivity index (χ3n) is 1.50. The summed E-state index contributed by atoms with van der Waals surface area (Å²) in [6, 6.07) is 0.246. The van der Waals surface area contributed by atoms with E-state index in [0.29, 0.717) is 0 Å². The number of pyridine rings is 1. The molecular weight excluding hydrogens is 336 g/mol. The van der Waals surface area contributed by atoms with Crippen LogP contribution in [0, 0.1) is 3.70 Å². The highest BCUT2D eigenvalue weighted by Gasteiger charge is 2.37. The van der Waals surface area contributed by atoms with Crippen molar-refractivity contribution < 1.29 is 27.1 Å². The molecule has 0 aliphatic carbocycles. The Hall–Kier alpha value is -0.670. The van der Waals surface area contributed by atoms with Gasteiger partial charge in [0.05, 0.1) is 5.56 Å². The zero-order valence-corrected chi connectivity index (χ0v) is 8.97. The van der Waals surface area contributed by atoms with E-state index in [4.69, 9.17) is 5.11 Å². The Kier molecular flexibility index (Phi) is 3.36. The van der Waals surface area contributed by atoms with Gasteiger partial charge in [-0.05, 0) is 28.7 Å². The van der Waals surface area contributed by atoms with Crippen molar-refractivity contribution in [2.24, 2.45) is 0 Å². The van der Waals surface area contributed by atoms with E-state index < -0.39 is 29.6 Å². The fraction of sp³-hybridized carbons (Fsp3) is 0.286. The predicted octanol–water partition coefficient (Wildman–Crippen LogP) is 3.35. The third kappa shape index (κ3) is 2.67. The average Bonchev–Trinajstić information content (AvgIpc) is 2.06. The molecule has 0 atom stereocenters. The Bertz CT molecular complexity index is 378. The summed E-state index contributed by atoms with van der Waals surface area (Å²) >= 11 is 1.37. The lowest BCUT2D eigenvalue weighted by atomic mass is 10.2. The minimum absolute atomic E-state index is 0.246. The maximum atomic E-state index is 12.2. The van der Waals surface area contributed by atoms with Gasteiger partial charge in [-0.25, -0.2) is 13.8 Å². The number of aromatic hydroxyl groups is 1. The van der Waals surface area contributed by atoms with Gasteiger partial charge in [0.1, 0.15) is 15.1 Å². The van der Waals surface area contributed by atoms with Crippen LogP contribution in [0.4, 0.5) is 22.0 Å². The van der Waals surface area contributed by atoms with Gasteiger partial charge < -0.3 is 5.11 Å². The topological polar surface area (TPSA) is 33.1 Å². The molecule has 8 heteroatoms. The fourth-order valence-corrected chi connectivity index (χ4v) is 1.30. The molecule has 0 spiro atoms. The number of halogens is 6. The van der Waals surface area contributed by atoms with Crippen LogP contribution in [0.15, 0.2) is 6.07 Å². The summed E-state index contributed by atoms with van der Waals surface area (Å²) in [6.07, 6.45) is -8.30. The molecule has 1 rings (SSSR count). The van der Waals surface area contributed by atoms with Gasteiger partial charge >= 0.3 is 6.18 Å². The Balaban J connectivity index is 3.42.